The zero-order valence-electron chi connectivity index (χ0n) is 10.4. The lowest BCUT2D eigenvalue weighted by Gasteiger charge is -2.36. The van der Waals surface area contributed by atoms with Crippen molar-refractivity contribution in [3.8, 4) is 0 Å². The van der Waals surface area contributed by atoms with Crippen LogP contribution in [0.3, 0.4) is 0 Å². The van der Waals surface area contributed by atoms with E-state index in [1.54, 1.807) is 0 Å². The van der Waals surface area contributed by atoms with E-state index >= 15 is 0 Å². The lowest BCUT2D eigenvalue weighted by atomic mass is 10.2. The second-order valence-electron chi connectivity index (χ2n) is 4.66. The Morgan fingerprint density at radius 1 is 1.44 bits per heavy atom. The van der Waals surface area contributed by atoms with Gasteiger partial charge in [0.15, 0.2) is 5.58 Å². The molecule has 1 aromatic heterocycles. The molecule has 2 aromatic rings. The number of aromatic nitrogens is 1. The van der Waals surface area contributed by atoms with Crippen molar-refractivity contribution in [2.75, 3.05) is 24.6 Å². The number of para-hydroxylation sites is 2. The van der Waals surface area contributed by atoms with Crippen molar-refractivity contribution in [1.82, 2.24) is 4.98 Å². The molecular formula is C13H17N3O2. The van der Waals surface area contributed by atoms with Gasteiger partial charge in [0.1, 0.15) is 5.52 Å². The number of hydrogen-bond acceptors (Lipinski definition) is 5. The van der Waals surface area contributed by atoms with Crippen LogP contribution >= 0.6 is 0 Å². The third-order valence-electron chi connectivity index (χ3n) is 3.30. The van der Waals surface area contributed by atoms with E-state index in [4.69, 9.17) is 14.9 Å². The van der Waals surface area contributed by atoms with Crippen LogP contribution in [-0.2, 0) is 4.74 Å². The van der Waals surface area contributed by atoms with E-state index in [2.05, 4.69) is 16.8 Å². The van der Waals surface area contributed by atoms with Crippen molar-refractivity contribution in [2.24, 2.45) is 5.73 Å². The summed E-state index contributed by atoms with van der Waals surface area (Å²) in [6.07, 6.45) is 0.0520. The molecule has 1 aromatic carbocycles. The molecule has 0 aliphatic carbocycles. The monoisotopic (exact) mass is 247 g/mol. The number of fused-ring (bicyclic) bond motifs is 1. The summed E-state index contributed by atoms with van der Waals surface area (Å²) in [4.78, 5) is 6.64. The molecule has 1 aliphatic heterocycles. The van der Waals surface area contributed by atoms with Crippen LogP contribution < -0.4 is 10.6 Å². The Morgan fingerprint density at radius 3 is 3.06 bits per heavy atom. The van der Waals surface area contributed by atoms with Crippen LogP contribution in [0.2, 0.25) is 0 Å². The fourth-order valence-electron chi connectivity index (χ4n) is 2.21. The van der Waals surface area contributed by atoms with E-state index in [1.165, 1.54) is 0 Å². The zero-order valence-corrected chi connectivity index (χ0v) is 10.4. The first-order valence-electron chi connectivity index (χ1n) is 6.22. The minimum atomic E-state index is 0.0520. The highest BCUT2D eigenvalue weighted by Gasteiger charge is 2.28. The summed E-state index contributed by atoms with van der Waals surface area (Å²) in [5, 5.41) is 0. The molecule has 2 N–H and O–H groups in total. The summed E-state index contributed by atoms with van der Waals surface area (Å²) in [5.74, 6) is 0. The molecule has 2 atom stereocenters. The quantitative estimate of drug-likeness (QED) is 0.868. The Labute approximate surface area is 106 Å². The van der Waals surface area contributed by atoms with E-state index in [1.807, 2.05) is 24.3 Å². The van der Waals surface area contributed by atoms with E-state index in [9.17, 15) is 0 Å². The van der Waals surface area contributed by atoms with Gasteiger partial charge in [-0.1, -0.05) is 12.1 Å². The maximum Gasteiger partial charge on any atom is 0.298 e. The van der Waals surface area contributed by atoms with E-state index in [0.717, 1.165) is 17.6 Å². The van der Waals surface area contributed by atoms with Crippen molar-refractivity contribution in [1.29, 1.82) is 0 Å². The fourth-order valence-corrected chi connectivity index (χ4v) is 2.21. The fraction of sp³-hybridized carbons (Fsp3) is 0.462. The normalized spacial score (nSPS) is 24.7. The first-order chi connectivity index (χ1) is 8.78. The van der Waals surface area contributed by atoms with Gasteiger partial charge < -0.3 is 19.8 Å². The predicted octanol–water partition coefficient (Wildman–Crippen LogP) is 1.38. The highest BCUT2D eigenvalue weighted by molar-refractivity contribution is 5.74. The van der Waals surface area contributed by atoms with Crippen molar-refractivity contribution in [3.63, 3.8) is 0 Å². The van der Waals surface area contributed by atoms with Crippen LogP contribution in [0, 0.1) is 0 Å². The Kier molecular flexibility index (Phi) is 2.93. The highest BCUT2D eigenvalue weighted by Crippen LogP contribution is 2.25. The first kappa shape index (κ1) is 11.5. The van der Waals surface area contributed by atoms with E-state index in [0.29, 0.717) is 19.2 Å². The molecule has 3 rings (SSSR count). The van der Waals surface area contributed by atoms with Gasteiger partial charge in [0.2, 0.25) is 0 Å². The molecule has 18 heavy (non-hydrogen) atoms. The second kappa shape index (κ2) is 4.59. The standard InChI is InChI=1S/C13H17N3O2/c1-9-8-17-10(6-14)7-16(9)13-15-11-4-2-3-5-12(11)18-13/h2-5,9-10H,6-8,14H2,1H3. The minimum absolute atomic E-state index is 0.0520. The molecule has 0 radical (unpaired) electrons. The Bertz CT molecular complexity index is 507. The molecule has 0 amide bonds. The largest absolute Gasteiger partial charge is 0.423 e. The summed E-state index contributed by atoms with van der Waals surface area (Å²) in [6, 6.07) is 8.69. The highest BCUT2D eigenvalue weighted by atomic mass is 16.5. The van der Waals surface area contributed by atoms with Crippen molar-refractivity contribution in [3.05, 3.63) is 24.3 Å². The molecule has 2 heterocycles. The van der Waals surface area contributed by atoms with Crippen LogP contribution in [0.15, 0.2) is 28.7 Å². The maximum atomic E-state index is 5.79. The number of anilines is 1. The molecule has 96 valence electrons. The third-order valence-corrected chi connectivity index (χ3v) is 3.30. The van der Waals surface area contributed by atoms with Gasteiger partial charge in [-0.3, -0.25) is 0 Å². The molecule has 1 aliphatic rings. The molecule has 0 bridgehead atoms. The van der Waals surface area contributed by atoms with Crippen LogP contribution in [0.4, 0.5) is 6.01 Å². The number of nitrogens with two attached hydrogens (primary N) is 1. The minimum Gasteiger partial charge on any atom is -0.423 e. The van der Waals surface area contributed by atoms with Gasteiger partial charge in [-0.2, -0.15) is 4.98 Å². The SMILES string of the molecule is CC1COC(CN)CN1c1nc2ccccc2o1. The maximum absolute atomic E-state index is 5.79. The van der Waals surface area contributed by atoms with Crippen LogP contribution in [-0.4, -0.2) is 36.8 Å². The third kappa shape index (κ3) is 1.95. The van der Waals surface area contributed by atoms with Crippen molar-refractivity contribution >= 4 is 17.1 Å². The van der Waals surface area contributed by atoms with Gasteiger partial charge in [0, 0.05) is 6.54 Å². The Hall–Kier alpha value is -1.59. The number of benzene rings is 1. The van der Waals surface area contributed by atoms with E-state index in [-0.39, 0.29) is 12.1 Å². The molecular weight excluding hydrogens is 230 g/mol. The van der Waals surface area contributed by atoms with Crippen LogP contribution in [0.1, 0.15) is 6.92 Å². The number of ether oxygens (including phenoxy) is 1. The Morgan fingerprint density at radius 2 is 2.28 bits per heavy atom. The molecule has 0 spiro atoms. The van der Waals surface area contributed by atoms with Gasteiger partial charge in [0.25, 0.3) is 6.01 Å². The lowest BCUT2D eigenvalue weighted by molar-refractivity contribution is 0.0264. The molecule has 1 saturated heterocycles. The number of rotatable bonds is 2. The molecule has 5 nitrogen and oxygen atoms in total. The molecule has 2 unspecified atom stereocenters. The van der Waals surface area contributed by atoms with Gasteiger partial charge in [-0.15, -0.1) is 0 Å². The van der Waals surface area contributed by atoms with Gasteiger partial charge in [-0.25, -0.2) is 0 Å². The van der Waals surface area contributed by atoms with E-state index < -0.39 is 0 Å². The number of morpholine rings is 1. The summed E-state index contributed by atoms with van der Waals surface area (Å²) in [5.41, 5.74) is 7.36. The van der Waals surface area contributed by atoms with Gasteiger partial charge in [-0.05, 0) is 19.1 Å². The summed E-state index contributed by atoms with van der Waals surface area (Å²) in [6.45, 7) is 4.00. The van der Waals surface area contributed by atoms with Crippen molar-refractivity contribution < 1.29 is 9.15 Å². The second-order valence-corrected chi connectivity index (χ2v) is 4.66. The zero-order chi connectivity index (χ0) is 12.5. The van der Waals surface area contributed by atoms with Crippen LogP contribution in [0.25, 0.3) is 11.1 Å². The number of nitrogens with zero attached hydrogens (tertiary/aromatic N) is 2. The molecule has 0 saturated carbocycles. The predicted molar refractivity (Wildman–Crippen MR) is 69.6 cm³/mol. The smallest absolute Gasteiger partial charge is 0.298 e. The number of hydrogen-bond donors (Lipinski definition) is 1. The van der Waals surface area contributed by atoms with Gasteiger partial charge >= 0.3 is 0 Å². The average Bonchev–Trinajstić information content (AvgIpc) is 2.82. The van der Waals surface area contributed by atoms with Crippen molar-refractivity contribution in [2.45, 2.75) is 19.1 Å². The number of oxazole rings is 1. The molecule has 5 heteroatoms. The first-order valence-corrected chi connectivity index (χ1v) is 6.22. The molecule has 1 fully saturated rings. The Balaban J connectivity index is 1.92. The van der Waals surface area contributed by atoms with Crippen LogP contribution in [0.5, 0.6) is 0 Å². The summed E-state index contributed by atoms with van der Waals surface area (Å²) < 4.78 is 11.4. The average molecular weight is 247 g/mol. The summed E-state index contributed by atoms with van der Waals surface area (Å²) in [7, 11) is 0. The van der Waals surface area contributed by atoms with Gasteiger partial charge in [0.05, 0.1) is 25.3 Å². The summed E-state index contributed by atoms with van der Waals surface area (Å²) >= 11 is 0. The topological polar surface area (TPSA) is 64.5 Å². The lowest BCUT2D eigenvalue weighted by Crippen LogP contribution is -2.50.